The van der Waals surface area contributed by atoms with Gasteiger partial charge in [0.1, 0.15) is 6.33 Å². The van der Waals surface area contributed by atoms with Gasteiger partial charge in [-0.15, -0.1) is 12.4 Å². The average Bonchev–Trinajstić information content (AvgIpc) is 2.14. The monoisotopic (exact) mass is 133 g/mol. The summed E-state index contributed by atoms with van der Waals surface area (Å²) in [5.41, 5.74) is 2.86. The number of hydrogen-bond acceptors (Lipinski definition) is 2. The van der Waals surface area contributed by atoms with Gasteiger partial charge in [0.2, 0.25) is 0 Å². The van der Waals surface area contributed by atoms with Crippen molar-refractivity contribution >= 4 is 12.4 Å². The van der Waals surface area contributed by atoms with Gasteiger partial charge in [0, 0.05) is 19.4 Å². The molecule has 0 atom stereocenters. The summed E-state index contributed by atoms with van der Waals surface area (Å²) in [5.74, 6) is 0. The van der Waals surface area contributed by atoms with Gasteiger partial charge in [-0.1, -0.05) is 0 Å². The van der Waals surface area contributed by atoms with Crippen LogP contribution in [0.25, 0.3) is 0 Å². The summed E-state index contributed by atoms with van der Waals surface area (Å²) in [6, 6.07) is 0. The highest BCUT2D eigenvalue weighted by Gasteiger charge is 1.75. The van der Waals surface area contributed by atoms with E-state index >= 15 is 0 Å². The summed E-state index contributed by atoms with van der Waals surface area (Å²) in [5, 5.41) is 0. The number of nitrogens with one attached hydrogen (secondary N) is 1. The van der Waals surface area contributed by atoms with Crippen LogP contribution in [0.3, 0.4) is 0 Å². The number of halogens is 1. The Morgan fingerprint density at radius 3 is 2.62 bits per heavy atom. The molecule has 0 saturated carbocycles. The molecule has 1 aromatic heterocycles. The van der Waals surface area contributed by atoms with Crippen molar-refractivity contribution in [2.75, 3.05) is 12.5 Å². The van der Waals surface area contributed by atoms with Crippen LogP contribution in [0.4, 0.5) is 0 Å². The van der Waals surface area contributed by atoms with Crippen LogP contribution in [-0.4, -0.2) is 16.7 Å². The number of hydrogen-bond donors (Lipinski definition) is 1. The topological polar surface area (TPSA) is 29.9 Å². The molecule has 3 nitrogen and oxygen atoms in total. The first-order valence-electron chi connectivity index (χ1n) is 2.09. The van der Waals surface area contributed by atoms with E-state index in [1.54, 1.807) is 17.2 Å². The van der Waals surface area contributed by atoms with Crippen molar-refractivity contribution < 1.29 is 0 Å². The van der Waals surface area contributed by atoms with Gasteiger partial charge < -0.3 is 5.43 Å². The van der Waals surface area contributed by atoms with Crippen LogP contribution in [0.15, 0.2) is 18.7 Å². The van der Waals surface area contributed by atoms with Crippen molar-refractivity contribution in [2.24, 2.45) is 0 Å². The van der Waals surface area contributed by atoms with Gasteiger partial charge in [0.15, 0.2) is 0 Å². The zero-order valence-corrected chi connectivity index (χ0v) is 5.35. The minimum atomic E-state index is 0. The molecule has 0 fully saturated rings. The Kier molecular flexibility index (Phi) is 3.03. The molecule has 0 aliphatic rings. The molecule has 0 bridgehead atoms. The third-order valence-electron chi connectivity index (χ3n) is 0.763. The van der Waals surface area contributed by atoms with E-state index in [0.717, 1.165) is 0 Å². The third kappa shape index (κ3) is 1.42. The van der Waals surface area contributed by atoms with Gasteiger partial charge in [-0.25, -0.2) is 4.98 Å². The maximum absolute atomic E-state index is 3.79. The minimum absolute atomic E-state index is 0. The summed E-state index contributed by atoms with van der Waals surface area (Å²) >= 11 is 0. The lowest BCUT2D eigenvalue weighted by atomic mass is 11.0. The Morgan fingerprint density at radius 1 is 1.62 bits per heavy atom. The van der Waals surface area contributed by atoms with E-state index in [1.165, 1.54) is 0 Å². The number of imidazole rings is 1. The van der Waals surface area contributed by atoms with E-state index in [-0.39, 0.29) is 12.4 Å². The van der Waals surface area contributed by atoms with E-state index in [4.69, 9.17) is 0 Å². The normalized spacial score (nSPS) is 7.62. The van der Waals surface area contributed by atoms with Gasteiger partial charge in [0.05, 0.1) is 0 Å². The van der Waals surface area contributed by atoms with E-state index in [0.29, 0.717) is 0 Å². The summed E-state index contributed by atoms with van der Waals surface area (Å²) in [6.07, 6.45) is 5.25. The molecule has 0 saturated heterocycles. The molecule has 0 aliphatic carbocycles. The zero-order valence-electron chi connectivity index (χ0n) is 4.53. The van der Waals surface area contributed by atoms with Crippen molar-refractivity contribution in [1.82, 2.24) is 9.66 Å². The molecule has 0 aromatic carbocycles. The van der Waals surface area contributed by atoms with Crippen molar-refractivity contribution in [3.8, 4) is 0 Å². The summed E-state index contributed by atoms with van der Waals surface area (Å²) in [7, 11) is 1.84. The van der Waals surface area contributed by atoms with Crippen molar-refractivity contribution in [1.29, 1.82) is 0 Å². The Labute approximate surface area is 54.1 Å². The Balaban J connectivity index is 0.000000490. The molecule has 0 radical (unpaired) electrons. The summed E-state index contributed by atoms with van der Waals surface area (Å²) < 4.78 is 1.76. The van der Waals surface area contributed by atoms with Gasteiger partial charge >= 0.3 is 0 Å². The zero-order chi connectivity index (χ0) is 5.11. The molecule has 0 aliphatic heterocycles. The lowest BCUT2D eigenvalue weighted by Gasteiger charge is -1.93. The maximum Gasteiger partial charge on any atom is 0.114 e. The highest BCUT2D eigenvalue weighted by molar-refractivity contribution is 5.85. The van der Waals surface area contributed by atoms with Crippen molar-refractivity contribution in [3.05, 3.63) is 18.7 Å². The molecular weight excluding hydrogens is 126 g/mol. The first-order chi connectivity index (χ1) is 3.43. The highest BCUT2D eigenvalue weighted by atomic mass is 35.5. The molecule has 4 heteroatoms. The first kappa shape index (κ1) is 7.30. The largest absolute Gasteiger partial charge is 0.328 e. The molecule has 1 rings (SSSR count). The average molecular weight is 134 g/mol. The summed E-state index contributed by atoms with van der Waals surface area (Å²) in [4.78, 5) is 3.79. The van der Waals surface area contributed by atoms with Crippen LogP contribution >= 0.6 is 12.4 Å². The van der Waals surface area contributed by atoms with Crippen LogP contribution in [-0.2, 0) is 0 Å². The second-order valence-electron chi connectivity index (χ2n) is 1.19. The molecule has 1 heterocycles. The minimum Gasteiger partial charge on any atom is -0.328 e. The highest BCUT2D eigenvalue weighted by Crippen LogP contribution is 1.74. The van der Waals surface area contributed by atoms with E-state index < -0.39 is 0 Å². The van der Waals surface area contributed by atoms with E-state index in [2.05, 4.69) is 10.4 Å². The maximum atomic E-state index is 3.79. The SMILES string of the molecule is CNn1ccnc1.Cl. The molecule has 1 aromatic rings. The third-order valence-corrected chi connectivity index (χ3v) is 0.763. The molecule has 46 valence electrons. The molecule has 0 spiro atoms. The number of aromatic nitrogens is 2. The second-order valence-corrected chi connectivity index (χ2v) is 1.19. The van der Waals surface area contributed by atoms with Gasteiger partial charge in [-0.05, 0) is 0 Å². The smallest absolute Gasteiger partial charge is 0.114 e. The molecule has 0 unspecified atom stereocenters. The standard InChI is InChI=1S/C4H7N3.ClH/c1-5-7-3-2-6-4-7;/h2-5H,1H3;1H. The van der Waals surface area contributed by atoms with Gasteiger partial charge in [0.25, 0.3) is 0 Å². The lowest BCUT2D eigenvalue weighted by molar-refractivity contribution is 0.924. The Bertz CT molecular complexity index is 126. The van der Waals surface area contributed by atoms with Crippen LogP contribution in [0.5, 0.6) is 0 Å². The van der Waals surface area contributed by atoms with Crippen LogP contribution in [0.2, 0.25) is 0 Å². The number of nitrogens with zero attached hydrogens (tertiary/aromatic N) is 2. The Hall–Kier alpha value is -0.700. The molecule has 0 amide bonds. The fourth-order valence-electron chi connectivity index (χ4n) is 0.391. The fraction of sp³-hybridized carbons (Fsp3) is 0.250. The van der Waals surface area contributed by atoms with Crippen LogP contribution in [0.1, 0.15) is 0 Å². The second kappa shape index (κ2) is 3.32. The van der Waals surface area contributed by atoms with Crippen molar-refractivity contribution in [3.63, 3.8) is 0 Å². The lowest BCUT2D eigenvalue weighted by Crippen LogP contribution is -2.04. The predicted molar refractivity (Wildman–Crippen MR) is 34.8 cm³/mol. The van der Waals surface area contributed by atoms with Crippen LogP contribution in [0, 0.1) is 0 Å². The molecule has 1 N–H and O–H groups in total. The van der Waals surface area contributed by atoms with Gasteiger partial charge in [-0.2, -0.15) is 0 Å². The fourth-order valence-corrected chi connectivity index (χ4v) is 0.391. The van der Waals surface area contributed by atoms with Gasteiger partial charge in [-0.3, -0.25) is 4.68 Å². The molecule has 8 heavy (non-hydrogen) atoms. The molecular formula is C4H8ClN3. The summed E-state index contributed by atoms with van der Waals surface area (Å²) in [6.45, 7) is 0. The Morgan fingerprint density at radius 2 is 2.38 bits per heavy atom. The number of rotatable bonds is 1. The quantitative estimate of drug-likeness (QED) is 0.604. The van der Waals surface area contributed by atoms with E-state index in [1.807, 2.05) is 13.2 Å². The van der Waals surface area contributed by atoms with Crippen molar-refractivity contribution in [2.45, 2.75) is 0 Å². The predicted octanol–water partition coefficient (Wildman–Crippen LogP) is 0.478. The van der Waals surface area contributed by atoms with Crippen LogP contribution < -0.4 is 5.43 Å². The first-order valence-corrected chi connectivity index (χ1v) is 2.09. The van der Waals surface area contributed by atoms with E-state index in [9.17, 15) is 0 Å².